The standard InChI is InChI=1S/C7H7BrN4S/c1-12-5(9)2-4(11-12)6-7(8)13-3-10-6/h2-3H,9H2,1H3. The number of halogens is 1. The Labute approximate surface area is 87.5 Å². The molecule has 13 heavy (non-hydrogen) atoms. The average Bonchev–Trinajstić information content (AvgIpc) is 2.60. The monoisotopic (exact) mass is 258 g/mol. The summed E-state index contributed by atoms with van der Waals surface area (Å²) in [6.45, 7) is 0. The first-order valence-electron chi connectivity index (χ1n) is 3.57. The molecule has 2 rings (SSSR count). The maximum absolute atomic E-state index is 5.66. The number of nitrogens with zero attached hydrogens (tertiary/aromatic N) is 3. The van der Waals surface area contributed by atoms with Crippen LogP contribution in [-0.2, 0) is 7.05 Å². The lowest BCUT2D eigenvalue weighted by Crippen LogP contribution is -1.96. The SMILES string of the molecule is Cn1nc(-c2ncsc2Br)cc1N. The van der Waals surface area contributed by atoms with Gasteiger partial charge in [-0.05, 0) is 15.9 Å². The maximum Gasteiger partial charge on any atom is 0.122 e. The van der Waals surface area contributed by atoms with Crippen LogP contribution in [0.25, 0.3) is 11.4 Å². The lowest BCUT2D eigenvalue weighted by molar-refractivity contribution is 0.781. The summed E-state index contributed by atoms with van der Waals surface area (Å²) in [5.41, 5.74) is 9.07. The first-order chi connectivity index (χ1) is 6.18. The minimum absolute atomic E-state index is 0.634. The number of nitrogens with two attached hydrogens (primary N) is 1. The second-order valence-electron chi connectivity index (χ2n) is 2.55. The molecule has 0 aromatic carbocycles. The highest BCUT2D eigenvalue weighted by Crippen LogP contribution is 2.29. The Morgan fingerprint density at radius 2 is 2.38 bits per heavy atom. The molecule has 0 unspecified atom stereocenters. The molecule has 0 bridgehead atoms. The van der Waals surface area contributed by atoms with Gasteiger partial charge in [-0.3, -0.25) is 4.68 Å². The van der Waals surface area contributed by atoms with Crippen molar-refractivity contribution in [3.63, 3.8) is 0 Å². The Balaban J connectivity index is 2.53. The average molecular weight is 259 g/mol. The zero-order chi connectivity index (χ0) is 9.42. The second-order valence-corrected chi connectivity index (χ2v) is 4.73. The first kappa shape index (κ1) is 8.71. The van der Waals surface area contributed by atoms with Gasteiger partial charge in [-0.2, -0.15) is 5.10 Å². The molecule has 0 spiro atoms. The van der Waals surface area contributed by atoms with Crippen molar-refractivity contribution in [1.29, 1.82) is 0 Å². The lowest BCUT2D eigenvalue weighted by Gasteiger charge is -1.90. The van der Waals surface area contributed by atoms with E-state index in [2.05, 4.69) is 26.0 Å². The van der Waals surface area contributed by atoms with Crippen molar-refractivity contribution in [3.8, 4) is 11.4 Å². The second kappa shape index (κ2) is 3.12. The van der Waals surface area contributed by atoms with Crippen molar-refractivity contribution in [2.24, 2.45) is 7.05 Å². The van der Waals surface area contributed by atoms with Crippen LogP contribution in [0.5, 0.6) is 0 Å². The number of anilines is 1. The van der Waals surface area contributed by atoms with Crippen LogP contribution in [-0.4, -0.2) is 14.8 Å². The topological polar surface area (TPSA) is 56.7 Å². The fourth-order valence-electron chi connectivity index (χ4n) is 0.996. The predicted octanol–water partition coefficient (Wildman–Crippen LogP) is 1.89. The zero-order valence-corrected chi connectivity index (χ0v) is 9.26. The molecule has 0 radical (unpaired) electrons. The predicted molar refractivity (Wildman–Crippen MR) is 56.4 cm³/mol. The van der Waals surface area contributed by atoms with Gasteiger partial charge in [0.1, 0.15) is 17.2 Å². The van der Waals surface area contributed by atoms with Gasteiger partial charge in [-0.15, -0.1) is 11.3 Å². The van der Waals surface area contributed by atoms with Crippen molar-refractivity contribution in [3.05, 3.63) is 15.4 Å². The largest absolute Gasteiger partial charge is 0.384 e. The molecule has 0 fully saturated rings. The van der Waals surface area contributed by atoms with Crippen LogP contribution in [0.15, 0.2) is 15.4 Å². The van der Waals surface area contributed by atoms with E-state index >= 15 is 0 Å². The quantitative estimate of drug-likeness (QED) is 0.850. The van der Waals surface area contributed by atoms with Crippen LogP contribution in [0.2, 0.25) is 0 Å². The Hall–Kier alpha value is -0.880. The van der Waals surface area contributed by atoms with Gasteiger partial charge >= 0.3 is 0 Å². The fourth-order valence-corrected chi connectivity index (χ4v) is 2.07. The molecule has 0 aliphatic heterocycles. The summed E-state index contributed by atoms with van der Waals surface area (Å²) in [7, 11) is 1.80. The van der Waals surface area contributed by atoms with Crippen LogP contribution in [0, 0.1) is 0 Å². The van der Waals surface area contributed by atoms with Crippen molar-refractivity contribution in [1.82, 2.24) is 14.8 Å². The van der Waals surface area contributed by atoms with Crippen LogP contribution >= 0.6 is 27.3 Å². The van der Waals surface area contributed by atoms with Gasteiger partial charge in [0.2, 0.25) is 0 Å². The summed E-state index contributed by atoms with van der Waals surface area (Å²) >= 11 is 4.93. The number of hydrogen-bond donors (Lipinski definition) is 1. The lowest BCUT2D eigenvalue weighted by atomic mass is 10.3. The first-order valence-corrected chi connectivity index (χ1v) is 5.24. The van der Waals surface area contributed by atoms with E-state index in [-0.39, 0.29) is 0 Å². The molecule has 2 N–H and O–H groups in total. The Morgan fingerprint density at radius 3 is 2.85 bits per heavy atom. The number of hydrogen-bond acceptors (Lipinski definition) is 4. The van der Waals surface area contributed by atoms with Gasteiger partial charge in [0.15, 0.2) is 0 Å². The van der Waals surface area contributed by atoms with E-state index in [9.17, 15) is 0 Å². The highest BCUT2D eigenvalue weighted by molar-refractivity contribution is 9.11. The summed E-state index contributed by atoms with van der Waals surface area (Å²) in [5.74, 6) is 0.634. The zero-order valence-electron chi connectivity index (χ0n) is 6.86. The third kappa shape index (κ3) is 1.47. The maximum atomic E-state index is 5.66. The molecule has 2 aromatic heterocycles. The molecule has 2 heterocycles. The van der Waals surface area contributed by atoms with Crippen molar-refractivity contribution in [2.75, 3.05) is 5.73 Å². The number of aromatic nitrogens is 3. The molecule has 0 amide bonds. The van der Waals surface area contributed by atoms with Gasteiger partial charge < -0.3 is 5.73 Å². The molecular formula is C7H7BrN4S. The van der Waals surface area contributed by atoms with Crippen molar-refractivity contribution < 1.29 is 0 Å². The van der Waals surface area contributed by atoms with Gasteiger partial charge in [-0.25, -0.2) is 4.98 Å². The number of aryl methyl sites for hydroxylation is 1. The summed E-state index contributed by atoms with van der Waals surface area (Å²) < 4.78 is 2.60. The van der Waals surface area contributed by atoms with Crippen LogP contribution < -0.4 is 5.73 Å². The van der Waals surface area contributed by atoms with E-state index < -0.39 is 0 Å². The van der Waals surface area contributed by atoms with Crippen molar-refractivity contribution in [2.45, 2.75) is 0 Å². The van der Waals surface area contributed by atoms with Gasteiger partial charge in [-0.1, -0.05) is 0 Å². The summed E-state index contributed by atoms with van der Waals surface area (Å²) in [5, 5.41) is 4.22. The Kier molecular flexibility index (Phi) is 2.09. The van der Waals surface area contributed by atoms with E-state index in [4.69, 9.17) is 5.73 Å². The number of rotatable bonds is 1. The van der Waals surface area contributed by atoms with Crippen molar-refractivity contribution >= 4 is 33.1 Å². The fraction of sp³-hybridized carbons (Fsp3) is 0.143. The van der Waals surface area contributed by atoms with E-state index in [1.54, 1.807) is 23.3 Å². The normalized spacial score (nSPS) is 10.6. The van der Waals surface area contributed by atoms with E-state index in [1.165, 1.54) is 11.3 Å². The van der Waals surface area contributed by atoms with Gasteiger partial charge in [0.25, 0.3) is 0 Å². The Morgan fingerprint density at radius 1 is 1.62 bits per heavy atom. The summed E-state index contributed by atoms with van der Waals surface area (Å²) in [6.07, 6.45) is 0. The molecule has 0 aliphatic rings. The molecule has 6 heteroatoms. The number of nitrogen functional groups attached to an aromatic ring is 1. The van der Waals surface area contributed by atoms with E-state index in [0.717, 1.165) is 15.2 Å². The molecule has 4 nitrogen and oxygen atoms in total. The minimum Gasteiger partial charge on any atom is -0.384 e. The van der Waals surface area contributed by atoms with Crippen LogP contribution in [0.4, 0.5) is 5.82 Å². The third-order valence-electron chi connectivity index (χ3n) is 1.68. The molecule has 0 aliphatic carbocycles. The molecule has 2 aromatic rings. The molecule has 0 saturated carbocycles. The highest BCUT2D eigenvalue weighted by Gasteiger charge is 2.10. The molecule has 68 valence electrons. The van der Waals surface area contributed by atoms with E-state index in [1.807, 2.05) is 0 Å². The van der Waals surface area contributed by atoms with Crippen LogP contribution in [0.3, 0.4) is 0 Å². The summed E-state index contributed by atoms with van der Waals surface area (Å²) in [6, 6.07) is 1.81. The summed E-state index contributed by atoms with van der Waals surface area (Å²) in [4.78, 5) is 4.18. The van der Waals surface area contributed by atoms with Gasteiger partial charge in [0.05, 0.1) is 9.30 Å². The van der Waals surface area contributed by atoms with E-state index in [0.29, 0.717) is 5.82 Å². The minimum atomic E-state index is 0.634. The smallest absolute Gasteiger partial charge is 0.122 e. The van der Waals surface area contributed by atoms with Crippen LogP contribution in [0.1, 0.15) is 0 Å². The highest BCUT2D eigenvalue weighted by atomic mass is 79.9. The molecular weight excluding hydrogens is 252 g/mol. The van der Waals surface area contributed by atoms with Gasteiger partial charge in [0, 0.05) is 13.1 Å². The Bertz CT molecular complexity index is 414. The molecule has 0 saturated heterocycles. The number of thiazole rings is 1. The molecule has 0 atom stereocenters. The third-order valence-corrected chi connectivity index (χ3v) is 3.23.